The summed E-state index contributed by atoms with van der Waals surface area (Å²) >= 11 is 0. The number of aliphatic hydroxyl groups excluding tert-OH is 1. The van der Waals surface area contributed by atoms with Crippen molar-refractivity contribution in [1.29, 1.82) is 0 Å². The van der Waals surface area contributed by atoms with Gasteiger partial charge in [0.1, 0.15) is 17.6 Å². The first-order chi connectivity index (χ1) is 17.3. The first kappa shape index (κ1) is 23.3. The van der Waals surface area contributed by atoms with Gasteiger partial charge in [0.15, 0.2) is 0 Å². The third kappa shape index (κ3) is 4.22. The van der Waals surface area contributed by atoms with Gasteiger partial charge in [-0.25, -0.2) is 0 Å². The molecular formula is C28H24N2O6. The topological polar surface area (TPSA) is 110 Å². The van der Waals surface area contributed by atoms with Crippen LogP contribution in [0.4, 0.5) is 5.69 Å². The van der Waals surface area contributed by atoms with E-state index in [4.69, 9.17) is 4.74 Å². The second-order valence-electron chi connectivity index (χ2n) is 9.03. The van der Waals surface area contributed by atoms with Gasteiger partial charge in [-0.15, -0.1) is 0 Å². The largest absolute Gasteiger partial charge is 0.507 e. The molecule has 0 bridgehead atoms. The standard InChI is InChI=1S/C28H24N2O6/c1-17-15-21-16-20(9-12-23(21)36-17)26(31)24-25(19-7-10-22(11-8-19)30(34)35)29(28(33)27(24)32)14-13-18-5-3-2-4-6-18/h2-12,16-17,25,31H,13-15H2,1H3/b26-24+. The number of carbonyl (C=O) groups excluding carboxylic acids is 2. The Hall–Kier alpha value is -4.46. The molecule has 8 nitrogen and oxygen atoms in total. The highest BCUT2D eigenvalue weighted by Crippen LogP contribution is 2.41. The Kier molecular flexibility index (Phi) is 6.01. The predicted octanol–water partition coefficient (Wildman–Crippen LogP) is 4.58. The first-order valence-electron chi connectivity index (χ1n) is 11.7. The lowest BCUT2D eigenvalue weighted by molar-refractivity contribution is -0.384. The van der Waals surface area contributed by atoms with Gasteiger partial charge in [-0.05, 0) is 60.4 Å². The highest BCUT2D eigenvalue weighted by Gasteiger charge is 2.46. The maximum Gasteiger partial charge on any atom is 0.295 e. The van der Waals surface area contributed by atoms with Crippen LogP contribution < -0.4 is 4.74 Å². The number of nitro groups is 1. The molecule has 0 radical (unpaired) electrons. The molecule has 1 saturated heterocycles. The Bertz CT molecular complexity index is 1380. The van der Waals surface area contributed by atoms with E-state index in [1.165, 1.54) is 29.2 Å². The quantitative estimate of drug-likeness (QED) is 0.180. The van der Waals surface area contributed by atoms with Crippen molar-refractivity contribution in [2.75, 3.05) is 6.54 Å². The Morgan fingerprint density at radius 2 is 1.81 bits per heavy atom. The number of fused-ring (bicyclic) bond motifs is 1. The van der Waals surface area contributed by atoms with Gasteiger partial charge in [-0.3, -0.25) is 19.7 Å². The van der Waals surface area contributed by atoms with Gasteiger partial charge in [0, 0.05) is 30.7 Å². The number of amides is 1. The van der Waals surface area contributed by atoms with Crippen molar-refractivity contribution in [3.05, 3.63) is 111 Å². The van der Waals surface area contributed by atoms with E-state index in [-0.39, 0.29) is 29.7 Å². The molecular weight excluding hydrogens is 460 g/mol. The van der Waals surface area contributed by atoms with Crippen LogP contribution >= 0.6 is 0 Å². The summed E-state index contributed by atoms with van der Waals surface area (Å²) in [5.41, 5.74) is 2.69. The lowest BCUT2D eigenvalue weighted by Gasteiger charge is -2.25. The van der Waals surface area contributed by atoms with Crippen LogP contribution in [0.2, 0.25) is 0 Å². The maximum absolute atomic E-state index is 13.2. The summed E-state index contributed by atoms with van der Waals surface area (Å²) in [5.74, 6) is -1.04. The van der Waals surface area contributed by atoms with Crippen molar-refractivity contribution in [3.8, 4) is 5.75 Å². The molecule has 2 aliphatic heterocycles. The molecule has 0 aromatic heterocycles. The van der Waals surface area contributed by atoms with Crippen LogP contribution in [-0.2, 0) is 22.4 Å². The van der Waals surface area contributed by atoms with E-state index in [1.54, 1.807) is 18.2 Å². The number of non-ortho nitro benzene ring substituents is 1. The molecule has 2 atom stereocenters. The number of rotatable bonds is 6. The number of Topliss-reactive ketones (excluding diaryl/α,β-unsaturated/α-hetero) is 1. The fourth-order valence-corrected chi connectivity index (χ4v) is 4.85. The molecule has 2 unspecified atom stereocenters. The lowest BCUT2D eigenvalue weighted by atomic mass is 9.94. The Balaban J connectivity index is 1.57. The monoisotopic (exact) mass is 484 g/mol. The van der Waals surface area contributed by atoms with E-state index in [2.05, 4.69) is 0 Å². The minimum atomic E-state index is -0.877. The second-order valence-corrected chi connectivity index (χ2v) is 9.03. The number of ketones is 1. The fraction of sp³-hybridized carbons (Fsp3) is 0.214. The van der Waals surface area contributed by atoms with Crippen molar-refractivity contribution in [3.63, 3.8) is 0 Å². The molecule has 0 spiro atoms. The second kappa shape index (κ2) is 9.30. The summed E-state index contributed by atoms with van der Waals surface area (Å²) in [6.45, 7) is 2.19. The van der Waals surface area contributed by atoms with E-state index in [1.807, 2.05) is 37.3 Å². The zero-order chi connectivity index (χ0) is 25.4. The number of ether oxygens (including phenoxy) is 1. The number of nitro benzene ring substituents is 1. The van der Waals surface area contributed by atoms with Crippen LogP contribution in [0.5, 0.6) is 5.75 Å². The van der Waals surface area contributed by atoms with Gasteiger partial charge in [-0.1, -0.05) is 30.3 Å². The first-order valence-corrected chi connectivity index (χ1v) is 11.7. The summed E-state index contributed by atoms with van der Waals surface area (Å²) in [4.78, 5) is 38.5. The fourth-order valence-electron chi connectivity index (χ4n) is 4.85. The summed E-state index contributed by atoms with van der Waals surface area (Å²) in [6, 6.07) is 19.6. The van der Waals surface area contributed by atoms with Crippen LogP contribution in [0, 0.1) is 10.1 Å². The Morgan fingerprint density at radius 1 is 1.08 bits per heavy atom. The normalized spacial score (nSPS) is 20.3. The number of carbonyl (C=O) groups is 2. The zero-order valence-electron chi connectivity index (χ0n) is 19.6. The number of nitrogens with zero attached hydrogens (tertiary/aromatic N) is 2. The van der Waals surface area contributed by atoms with Gasteiger partial charge in [0.2, 0.25) is 0 Å². The molecule has 3 aromatic rings. The lowest BCUT2D eigenvalue weighted by Crippen LogP contribution is -2.31. The van der Waals surface area contributed by atoms with Crippen LogP contribution in [0.1, 0.15) is 35.2 Å². The maximum atomic E-state index is 13.2. The molecule has 1 N–H and O–H groups in total. The van der Waals surface area contributed by atoms with Gasteiger partial charge in [0.05, 0.1) is 16.5 Å². The third-order valence-corrected chi connectivity index (χ3v) is 6.61. The number of hydrogen-bond acceptors (Lipinski definition) is 6. The van der Waals surface area contributed by atoms with E-state index >= 15 is 0 Å². The van der Waals surface area contributed by atoms with Gasteiger partial charge in [0.25, 0.3) is 17.4 Å². The molecule has 2 heterocycles. The molecule has 182 valence electrons. The van der Waals surface area contributed by atoms with Crippen molar-refractivity contribution < 1.29 is 24.4 Å². The van der Waals surface area contributed by atoms with E-state index < -0.39 is 22.7 Å². The van der Waals surface area contributed by atoms with E-state index in [0.29, 0.717) is 24.0 Å². The summed E-state index contributed by atoms with van der Waals surface area (Å²) in [5, 5.41) is 22.5. The molecule has 36 heavy (non-hydrogen) atoms. The van der Waals surface area contributed by atoms with Crippen molar-refractivity contribution in [1.82, 2.24) is 4.90 Å². The van der Waals surface area contributed by atoms with Gasteiger partial charge in [-0.2, -0.15) is 0 Å². The van der Waals surface area contributed by atoms with E-state index in [0.717, 1.165) is 16.9 Å². The molecule has 3 aromatic carbocycles. The Labute approximate surface area is 207 Å². The number of aliphatic hydroxyl groups is 1. The molecule has 8 heteroatoms. The summed E-state index contributed by atoms with van der Waals surface area (Å²) < 4.78 is 5.74. The average molecular weight is 485 g/mol. The highest BCUT2D eigenvalue weighted by molar-refractivity contribution is 6.46. The Morgan fingerprint density at radius 3 is 2.50 bits per heavy atom. The molecule has 0 saturated carbocycles. The number of benzene rings is 3. The number of likely N-dealkylation sites (tertiary alicyclic amines) is 1. The molecule has 1 fully saturated rings. The minimum absolute atomic E-state index is 0.0149. The van der Waals surface area contributed by atoms with Crippen LogP contribution in [0.15, 0.2) is 78.4 Å². The summed E-state index contributed by atoms with van der Waals surface area (Å²) in [6.07, 6.45) is 1.19. The molecule has 0 aliphatic carbocycles. The summed E-state index contributed by atoms with van der Waals surface area (Å²) in [7, 11) is 0. The zero-order valence-corrected chi connectivity index (χ0v) is 19.6. The SMILES string of the molecule is CC1Cc2cc(/C(O)=C3\C(=O)C(=O)N(CCc4ccccc4)C3c3ccc([N+](=O)[O-])cc3)ccc2O1. The van der Waals surface area contributed by atoms with Crippen LogP contribution in [0.3, 0.4) is 0 Å². The van der Waals surface area contributed by atoms with Crippen molar-refractivity contribution in [2.45, 2.75) is 31.9 Å². The minimum Gasteiger partial charge on any atom is -0.507 e. The van der Waals surface area contributed by atoms with Crippen LogP contribution in [-0.4, -0.2) is 39.3 Å². The van der Waals surface area contributed by atoms with Crippen molar-refractivity contribution >= 4 is 23.1 Å². The molecule has 2 aliphatic rings. The van der Waals surface area contributed by atoms with Gasteiger partial charge < -0.3 is 14.7 Å². The average Bonchev–Trinajstić information content (AvgIpc) is 3.38. The molecule has 5 rings (SSSR count). The van der Waals surface area contributed by atoms with Crippen LogP contribution in [0.25, 0.3) is 5.76 Å². The highest BCUT2D eigenvalue weighted by atomic mass is 16.6. The third-order valence-electron chi connectivity index (χ3n) is 6.61. The predicted molar refractivity (Wildman–Crippen MR) is 132 cm³/mol. The molecule has 1 amide bonds. The van der Waals surface area contributed by atoms with Crippen molar-refractivity contribution in [2.24, 2.45) is 0 Å². The number of hydrogen-bond donors (Lipinski definition) is 1. The smallest absolute Gasteiger partial charge is 0.295 e. The van der Waals surface area contributed by atoms with E-state index in [9.17, 15) is 24.8 Å². The van der Waals surface area contributed by atoms with Gasteiger partial charge >= 0.3 is 0 Å².